The number of sulfonamides is 1. The number of nitrogens with zero attached hydrogens (tertiary/aromatic N) is 3. The highest BCUT2D eigenvalue weighted by Crippen LogP contribution is 2.38. The summed E-state index contributed by atoms with van der Waals surface area (Å²) in [5, 5.41) is 3.91. The molecule has 160 valence electrons. The average Bonchev–Trinajstić information content (AvgIpc) is 3.42. The van der Waals surface area contributed by atoms with Crippen LogP contribution in [-0.2, 0) is 16.6 Å². The third-order valence-electron chi connectivity index (χ3n) is 4.98. The molecule has 1 aliphatic rings. The van der Waals surface area contributed by atoms with Gasteiger partial charge < -0.3 is 13.7 Å². The number of oxazole rings is 1. The molecule has 0 atom stereocenters. The molecule has 2 aromatic carbocycles. The van der Waals surface area contributed by atoms with Gasteiger partial charge in [0.15, 0.2) is 11.4 Å². The number of methoxy groups -OCH3 is 1. The smallest absolute Gasteiger partial charge is 0.420 e. The molecule has 11 heteroatoms. The van der Waals surface area contributed by atoms with Crippen molar-refractivity contribution in [2.24, 2.45) is 0 Å². The summed E-state index contributed by atoms with van der Waals surface area (Å²) in [6.45, 7) is 0.0657. The maximum atomic E-state index is 12.8. The molecule has 1 saturated carbocycles. The Morgan fingerprint density at radius 1 is 1.23 bits per heavy atom. The lowest BCUT2D eigenvalue weighted by molar-refractivity contribution is 0.372. The van der Waals surface area contributed by atoms with Gasteiger partial charge in [-0.25, -0.2) is 13.2 Å². The lowest BCUT2D eigenvalue weighted by Crippen LogP contribution is -2.15. The third-order valence-corrected chi connectivity index (χ3v) is 6.36. The van der Waals surface area contributed by atoms with Crippen molar-refractivity contribution >= 4 is 26.8 Å². The summed E-state index contributed by atoms with van der Waals surface area (Å²) in [5.41, 5.74) is 0.926. The molecule has 2 heterocycles. The van der Waals surface area contributed by atoms with E-state index in [-0.39, 0.29) is 17.0 Å². The maximum absolute atomic E-state index is 12.8. The van der Waals surface area contributed by atoms with Crippen molar-refractivity contribution < 1.29 is 22.1 Å². The van der Waals surface area contributed by atoms with Crippen LogP contribution in [0.4, 0.5) is 5.69 Å². The van der Waals surface area contributed by atoms with Crippen LogP contribution in [0, 0.1) is 0 Å². The minimum absolute atomic E-state index is 0.0423. The number of anilines is 1. The van der Waals surface area contributed by atoms with Crippen LogP contribution in [-0.4, -0.2) is 30.2 Å². The fourth-order valence-corrected chi connectivity index (χ4v) is 4.30. The summed E-state index contributed by atoms with van der Waals surface area (Å²) in [4.78, 5) is 16.6. The molecule has 1 N–H and O–H groups in total. The van der Waals surface area contributed by atoms with Crippen LogP contribution in [0.3, 0.4) is 0 Å². The molecule has 1 fully saturated rings. The minimum atomic E-state index is -3.91. The minimum Gasteiger partial charge on any atom is -0.497 e. The van der Waals surface area contributed by atoms with Gasteiger partial charge in [0.25, 0.3) is 10.0 Å². The van der Waals surface area contributed by atoms with Crippen molar-refractivity contribution in [3.05, 3.63) is 64.7 Å². The Bertz CT molecular complexity index is 1430. The van der Waals surface area contributed by atoms with Crippen molar-refractivity contribution in [2.45, 2.75) is 30.2 Å². The zero-order valence-corrected chi connectivity index (χ0v) is 17.3. The first-order chi connectivity index (χ1) is 14.9. The molecule has 31 heavy (non-hydrogen) atoms. The Hall–Kier alpha value is -3.60. The molecule has 0 bridgehead atoms. The Balaban J connectivity index is 1.43. The number of fused-ring (bicyclic) bond motifs is 1. The second-order valence-corrected chi connectivity index (χ2v) is 8.93. The van der Waals surface area contributed by atoms with Crippen LogP contribution in [0.1, 0.15) is 30.5 Å². The second-order valence-electron chi connectivity index (χ2n) is 7.24. The van der Waals surface area contributed by atoms with E-state index in [1.165, 1.54) is 29.9 Å². The van der Waals surface area contributed by atoms with Gasteiger partial charge in [-0.1, -0.05) is 11.2 Å². The van der Waals surface area contributed by atoms with Crippen LogP contribution in [0.25, 0.3) is 11.1 Å². The van der Waals surface area contributed by atoms with Crippen LogP contribution >= 0.6 is 0 Å². The molecule has 0 radical (unpaired) electrons. The molecular formula is C20H18N4O6S. The predicted octanol–water partition coefficient (Wildman–Crippen LogP) is 2.71. The number of rotatable bonds is 7. The van der Waals surface area contributed by atoms with Crippen LogP contribution < -0.4 is 15.2 Å². The van der Waals surface area contributed by atoms with E-state index in [4.69, 9.17) is 13.7 Å². The SMILES string of the molecule is COc1cccc(NS(=O)(=O)c2ccc3c(c2)oc(=O)n3Cc2noc(C3CC3)n2)c1. The molecule has 0 saturated heterocycles. The van der Waals surface area contributed by atoms with E-state index in [0.29, 0.717) is 34.6 Å². The fourth-order valence-electron chi connectivity index (χ4n) is 3.23. The van der Waals surface area contributed by atoms with Gasteiger partial charge in [-0.05, 0) is 37.1 Å². The van der Waals surface area contributed by atoms with Gasteiger partial charge >= 0.3 is 5.76 Å². The van der Waals surface area contributed by atoms with Crippen molar-refractivity contribution in [1.29, 1.82) is 0 Å². The molecular weight excluding hydrogens is 424 g/mol. The van der Waals surface area contributed by atoms with Crippen molar-refractivity contribution in [2.75, 3.05) is 11.8 Å². The topological polar surface area (TPSA) is 129 Å². The van der Waals surface area contributed by atoms with E-state index < -0.39 is 15.8 Å². The molecule has 1 aliphatic carbocycles. The highest BCUT2D eigenvalue weighted by molar-refractivity contribution is 7.92. The lowest BCUT2D eigenvalue weighted by Gasteiger charge is -2.09. The first kappa shape index (κ1) is 19.4. The quantitative estimate of drug-likeness (QED) is 0.462. The van der Waals surface area contributed by atoms with Crippen molar-refractivity contribution in [3.63, 3.8) is 0 Å². The summed E-state index contributed by atoms with van der Waals surface area (Å²) in [6.07, 6.45) is 2.05. The Morgan fingerprint density at radius 2 is 2.06 bits per heavy atom. The largest absolute Gasteiger partial charge is 0.497 e. The molecule has 4 aromatic rings. The number of hydrogen-bond acceptors (Lipinski definition) is 8. The van der Waals surface area contributed by atoms with E-state index in [0.717, 1.165) is 12.8 Å². The van der Waals surface area contributed by atoms with Gasteiger partial charge in [0.2, 0.25) is 5.89 Å². The second kappa shape index (κ2) is 7.27. The first-order valence-corrected chi connectivity index (χ1v) is 11.0. The van der Waals surface area contributed by atoms with Crippen LogP contribution in [0.15, 0.2) is 61.1 Å². The molecule has 0 aliphatic heterocycles. The number of benzene rings is 2. The van der Waals surface area contributed by atoms with Gasteiger partial charge in [-0.2, -0.15) is 4.98 Å². The van der Waals surface area contributed by atoms with Gasteiger partial charge in [0.05, 0.1) is 29.8 Å². The normalized spacial score (nSPS) is 14.1. The first-order valence-electron chi connectivity index (χ1n) is 9.56. The number of hydrogen-bond donors (Lipinski definition) is 1. The molecule has 0 amide bonds. The van der Waals surface area contributed by atoms with E-state index in [2.05, 4.69) is 14.9 Å². The van der Waals surface area contributed by atoms with Gasteiger partial charge in [-0.3, -0.25) is 9.29 Å². The Morgan fingerprint density at radius 3 is 2.84 bits per heavy atom. The number of nitrogens with one attached hydrogen (secondary N) is 1. The van der Waals surface area contributed by atoms with Crippen LogP contribution in [0.2, 0.25) is 0 Å². The predicted molar refractivity (Wildman–Crippen MR) is 110 cm³/mol. The van der Waals surface area contributed by atoms with Gasteiger partial charge in [0, 0.05) is 18.1 Å². The van der Waals surface area contributed by atoms with Crippen molar-refractivity contribution in [3.8, 4) is 5.75 Å². The monoisotopic (exact) mass is 442 g/mol. The fraction of sp³-hybridized carbons (Fsp3) is 0.250. The summed E-state index contributed by atoms with van der Waals surface area (Å²) >= 11 is 0. The molecule has 10 nitrogen and oxygen atoms in total. The average molecular weight is 442 g/mol. The van der Waals surface area contributed by atoms with E-state index >= 15 is 0 Å². The molecule has 0 unspecified atom stereocenters. The lowest BCUT2D eigenvalue weighted by atomic mass is 10.3. The Labute approximate surface area is 176 Å². The summed E-state index contributed by atoms with van der Waals surface area (Å²) in [6, 6.07) is 10.8. The molecule has 2 aromatic heterocycles. The standard InChI is InChI=1S/C20H18N4O6S/c1-28-14-4-2-3-13(9-14)23-31(26,27)15-7-8-16-17(10-15)29-20(25)24(16)11-18-21-19(30-22-18)12-5-6-12/h2-4,7-10,12,23H,5-6,11H2,1H3. The van der Waals surface area contributed by atoms with Gasteiger partial charge in [-0.15, -0.1) is 0 Å². The van der Waals surface area contributed by atoms with E-state index in [1.54, 1.807) is 24.3 Å². The summed E-state index contributed by atoms with van der Waals surface area (Å²) in [5.74, 6) is 1.13. The zero-order valence-electron chi connectivity index (χ0n) is 16.4. The third kappa shape index (κ3) is 3.79. The zero-order chi connectivity index (χ0) is 21.6. The van der Waals surface area contributed by atoms with Crippen molar-refractivity contribution in [1.82, 2.24) is 14.7 Å². The van der Waals surface area contributed by atoms with Crippen LogP contribution in [0.5, 0.6) is 5.75 Å². The highest BCUT2D eigenvalue weighted by atomic mass is 32.2. The summed E-state index contributed by atoms with van der Waals surface area (Å²) < 4.78 is 45.0. The maximum Gasteiger partial charge on any atom is 0.420 e. The number of aromatic nitrogens is 3. The molecule has 0 spiro atoms. The Kier molecular flexibility index (Phi) is 4.54. The van der Waals surface area contributed by atoms with E-state index in [9.17, 15) is 13.2 Å². The number of ether oxygens (including phenoxy) is 1. The van der Waals surface area contributed by atoms with Gasteiger partial charge in [0.1, 0.15) is 5.75 Å². The van der Waals surface area contributed by atoms with E-state index in [1.807, 2.05) is 0 Å². The molecule has 5 rings (SSSR count). The summed E-state index contributed by atoms with van der Waals surface area (Å²) in [7, 11) is -2.41. The highest BCUT2D eigenvalue weighted by Gasteiger charge is 2.29.